The lowest BCUT2D eigenvalue weighted by atomic mass is 10.2. The zero-order chi connectivity index (χ0) is 17.7. The first kappa shape index (κ1) is 18.4. The zero-order valence-electron chi connectivity index (χ0n) is 13.2. The van der Waals surface area contributed by atoms with E-state index in [9.17, 15) is 24.0 Å². The van der Waals surface area contributed by atoms with E-state index in [4.69, 9.17) is 5.11 Å². The van der Waals surface area contributed by atoms with Gasteiger partial charge in [-0.05, 0) is 6.92 Å². The number of urea groups is 1. The molecule has 1 atom stereocenters. The third-order valence-electron chi connectivity index (χ3n) is 3.40. The molecule has 1 saturated heterocycles. The van der Waals surface area contributed by atoms with Gasteiger partial charge in [0.2, 0.25) is 11.8 Å². The quantitative estimate of drug-likeness (QED) is 0.537. The molecule has 0 aliphatic carbocycles. The molecular formula is C13H20N4O6. The first-order chi connectivity index (χ1) is 10.6. The van der Waals surface area contributed by atoms with Crippen LogP contribution in [0, 0.1) is 0 Å². The molecule has 0 aromatic rings. The summed E-state index contributed by atoms with van der Waals surface area (Å²) in [6.45, 7) is 1.99. The molecule has 1 unspecified atom stereocenters. The number of carboxylic acids is 1. The summed E-state index contributed by atoms with van der Waals surface area (Å²) < 4.78 is 0. The van der Waals surface area contributed by atoms with Crippen molar-refractivity contribution in [1.29, 1.82) is 0 Å². The lowest BCUT2D eigenvalue weighted by Gasteiger charge is -2.28. The molecule has 23 heavy (non-hydrogen) atoms. The molecule has 2 N–H and O–H groups in total. The van der Waals surface area contributed by atoms with Crippen molar-refractivity contribution >= 4 is 29.7 Å². The predicted molar refractivity (Wildman–Crippen MR) is 77.2 cm³/mol. The largest absolute Gasteiger partial charge is 0.480 e. The molecule has 1 heterocycles. The number of hydrogen-bond acceptors (Lipinski definition) is 5. The van der Waals surface area contributed by atoms with E-state index in [0.29, 0.717) is 0 Å². The summed E-state index contributed by atoms with van der Waals surface area (Å²) in [6, 6.07) is -1.75. The second-order valence-corrected chi connectivity index (χ2v) is 5.20. The highest BCUT2D eigenvalue weighted by molar-refractivity contribution is 6.04. The topological polar surface area (TPSA) is 127 Å². The van der Waals surface area contributed by atoms with E-state index in [1.807, 2.05) is 0 Å². The molecule has 0 bridgehead atoms. The van der Waals surface area contributed by atoms with Crippen molar-refractivity contribution in [2.45, 2.75) is 19.9 Å². The lowest BCUT2D eigenvalue weighted by Crippen LogP contribution is -2.51. The van der Waals surface area contributed by atoms with Gasteiger partial charge >= 0.3 is 12.0 Å². The van der Waals surface area contributed by atoms with Crippen LogP contribution in [0.4, 0.5) is 4.79 Å². The van der Waals surface area contributed by atoms with E-state index < -0.39 is 36.4 Å². The molecule has 1 aliphatic heterocycles. The van der Waals surface area contributed by atoms with Crippen molar-refractivity contribution < 1.29 is 29.1 Å². The number of carbonyl (C=O) groups excluding carboxylic acids is 4. The Hall–Kier alpha value is -2.65. The first-order valence-electron chi connectivity index (χ1n) is 6.97. The van der Waals surface area contributed by atoms with Crippen LogP contribution in [0.15, 0.2) is 0 Å². The van der Waals surface area contributed by atoms with Crippen molar-refractivity contribution in [3.8, 4) is 0 Å². The minimum Gasteiger partial charge on any atom is -0.480 e. The molecule has 10 heteroatoms. The maximum absolute atomic E-state index is 12.3. The highest BCUT2D eigenvalue weighted by Gasteiger charge is 2.37. The standard InChI is InChI=1S/C13H20N4O6/c1-8(12(21)22)16(5-4-14-9(2)18)11(20)7-17-10(19)6-15(3)13(17)23/h8H,4-7H2,1-3H3,(H,14,18)(H,21,22). The number of hydrogen-bond donors (Lipinski definition) is 2. The number of likely N-dealkylation sites (N-methyl/N-ethyl adjacent to an activating group) is 1. The Morgan fingerprint density at radius 3 is 2.39 bits per heavy atom. The van der Waals surface area contributed by atoms with Gasteiger partial charge in [0, 0.05) is 27.1 Å². The maximum atomic E-state index is 12.3. The van der Waals surface area contributed by atoms with E-state index >= 15 is 0 Å². The molecular weight excluding hydrogens is 308 g/mol. The Kier molecular flexibility index (Phi) is 6.05. The number of amides is 5. The van der Waals surface area contributed by atoms with E-state index in [-0.39, 0.29) is 25.5 Å². The molecule has 5 amide bonds. The molecule has 0 aromatic heterocycles. The Morgan fingerprint density at radius 1 is 1.35 bits per heavy atom. The van der Waals surface area contributed by atoms with E-state index in [1.54, 1.807) is 0 Å². The minimum atomic E-state index is -1.22. The van der Waals surface area contributed by atoms with Gasteiger partial charge in [0.25, 0.3) is 5.91 Å². The third kappa shape index (κ3) is 4.66. The fourth-order valence-corrected chi connectivity index (χ4v) is 2.07. The molecule has 1 aliphatic rings. The fourth-order valence-electron chi connectivity index (χ4n) is 2.07. The third-order valence-corrected chi connectivity index (χ3v) is 3.40. The Bertz CT molecular complexity index is 535. The average molecular weight is 328 g/mol. The molecule has 0 aromatic carbocycles. The van der Waals surface area contributed by atoms with Crippen molar-refractivity contribution in [1.82, 2.24) is 20.0 Å². The summed E-state index contributed by atoms with van der Waals surface area (Å²) in [6.07, 6.45) is 0. The molecule has 128 valence electrons. The minimum absolute atomic E-state index is 0.0437. The highest BCUT2D eigenvalue weighted by Crippen LogP contribution is 2.09. The fraction of sp³-hybridized carbons (Fsp3) is 0.615. The smallest absolute Gasteiger partial charge is 0.327 e. The Balaban J connectivity index is 2.78. The highest BCUT2D eigenvalue weighted by atomic mass is 16.4. The van der Waals surface area contributed by atoms with Gasteiger partial charge < -0.3 is 20.2 Å². The second-order valence-electron chi connectivity index (χ2n) is 5.20. The summed E-state index contributed by atoms with van der Waals surface area (Å²) in [5.74, 6) is -2.73. The Labute approximate surface area is 133 Å². The normalized spacial score (nSPS) is 15.6. The van der Waals surface area contributed by atoms with Crippen molar-refractivity contribution in [3.63, 3.8) is 0 Å². The molecule has 0 spiro atoms. The summed E-state index contributed by atoms with van der Waals surface area (Å²) in [5, 5.41) is 11.5. The number of carbonyl (C=O) groups is 5. The van der Waals surface area contributed by atoms with Crippen LogP contribution in [0.2, 0.25) is 0 Å². The van der Waals surface area contributed by atoms with Gasteiger partial charge in [0.05, 0.1) is 0 Å². The molecule has 0 saturated carbocycles. The van der Waals surface area contributed by atoms with Crippen LogP contribution in [-0.2, 0) is 19.2 Å². The van der Waals surface area contributed by atoms with E-state index in [2.05, 4.69) is 5.32 Å². The van der Waals surface area contributed by atoms with Crippen LogP contribution in [0.25, 0.3) is 0 Å². The van der Waals surface area contributed by atoms with E-state index in [1.165, 1.54) is 20.9 Å². The van der Waals surface area contributed by atoms with Crippen LogP contribution in [0.5, 0.6) is 0 Å². The molecule has 1 rings (SSSR count). The van der Waals surface area contributed by atoms with Crippen LogP contribution in [0.1, 0.15) is 13.8 Å². The van der Waals surface area contributed by atoms with Gasteiger partial charge in [-0.2, -0.15) is 0 Å². The number of carboxylic acid groups (broad SMARTS) is 1. The number of imide groups is 1. The zero-order valence-corrected chi connectivity index (χ0v) is 13.2. The first-order valence-corrected chi connectivity index (χ1v) is 6.97. The number of nitrogens with zero attached hydrogens (tertiary/aromatic N) is 3. The average Bonchev–Trinajstić information content (AvgIpc) is 2.69. The van der Waals surface area contributed by atoms with Gasteiger partial charge in [0.1, 0.15) is 19.1 Å². The lowest BCUT2D eigenvalue weighted by molar-refractivity contribution is -0.150. The number of nitrogens with one attached hydrogen (secondary N) is 1. The summed E-state index contributed by atoms with van der Waals surface area (Å²) in [5.41, 5.74) is 0. The van der Waals surface area contributed by atoms with Crippen LogP contribution in [-0.4, -0.2) is 88.8 Å². The predicted octanol–water partition coefficient (Wildman–Crippen LogP) is -1.68. The second kappa shape index (κ2) is 7.56. The Morgan fingerprint density at radius 2 is 1.96 bits per heavy atom. The van der Waals surface area contributed by atoms with Crippen LogP contribution < -0.4 is 5.32 Å². The van der Waals surface area contributed by atoms with Crippen molar-refractivity contribution in [3.05, 3.63) is 0 Å². The van der Waals surface area contributed by atoms with Crippen molar-refractivity contribution in [2.24, 2.45) is 0 Å². The molecule has 10 nitrogen and oxygen atoms in total. The van der Waals surface area contributed by atoms with Gasteiger partial charge in [-0.15, -0.1) is 0 Å². The van der Waals surface area contributed by atoms with Crippen LogP contribution >= 0.6 is 0 Å². The van der Waals surface area contributed by atoms with Crippen LogP contribution in [0.3, 0.4) is 0 Å². The van der Waals surface area contributed by atoms with Crippen molar-refractivity contribution in [2.75, 3.05) is 33.2 Å². The van der Waals surface area contributed by atoms with Gasteiger partial charge in [-0.1, -0.05) is 0 Å². The summed E-state index contributed by atoms with van der Waals surface area (Å²) in [4.78, 5) is 60.7. The SMILES string of the molecule is CC(=O)NCCN(C(=O)CN1C(=O)CN(C)C1=O)C(C)C(=O)O. The number of rotatable bonds is 7. The van der Waals surface area contributed by atoms with Gasteiger partial charge in [-0.3, -0.25) is 19.3 Å². The molecule has 0 radical (unpaired) electrons. The number of aliphatic carboxylic acids is 1. The molecule has 1 fully saturated rings. The van der Waals surface area contributed by atoms with E-state index in [0.717, 1.165) is 14.7 Å². The monoisotopic (exact) mass is 328 g/mol. The maximum Gasteiger partial charge on any atom is 0.327 e. The summed E-state index contributed by atoms with van der Waals surface area (Å²) in [7, 11) is 1.43. The van der Waals surface area contributed by atoms with Gasteiger partial charge in [0.15, 0.2) is 0 Å². The summed E-state index contributed by atoms with van der Waals surface area (Å²) >= 11 is 0. The van der Waals surface area contributed by atoms with Gasteiger partial charge in [-0.25, -0.2) is 9.59 Å².